The van der Waals surface area contributed by atoms with Gasteiger partial charge >= 0.3 is 5.69 Å². The van der Waals surface area contributed by atoms with Gasteiger partial charge in [0.1, 0.15) is 28.7 Å². The van der Waals surface area contributed by atoms with Crippen LogP contribution in [0.3, 0.4) is 0 Å². The molecule has 1 fully saturated rings. The van der Waals surface area contributed by atoms with E-state index in [1.54, 1.807) is 0 Å². The predicted molar refractivity (Wildman–Crippen MR) is 140 cm³/mol. The van der Waals surface area contributed by atoms with E-state index in [1.807, 2.05) is 24.8 Å². The summed E-state index contributed by atoms with van der Waals surface area (Å²) in [6, 6.07) is 4.51. The van der Waals surface area contributed by atoms with Gasteiger partial charge in [-0.1, -0.05) is 31.6 Å². The molecule has 0 bridgehead atoms. The fourth-order valence-corrected chi connectivity index (χ4v) is 5.51. The molecule has 0 spiro atoms. The Morgan fingerprint density at radius 1 is 1.19 bits per heavy atom. The van der Waals surface area contributed by atoms with Crippen LogP contribution in [0, 0.1) is 17.6 Å². The highest BCUT2D eigenvalue weighted by molar-refractivity contribution is 5.90. The molecule has 2 aliphatic heterocycles. The molecular formula is C27H32F2N6O2. The van der Waals surface area contributed by atoms with Gasteiger partial charge in [0.05, 0.1) is 17.0 Å². The summed E-state index contributed by atoms with van der Waals surface area (Å²) < 4.78 is 32.0. The van der Waals surface area contributed by atoms with E-state index in [2.05, 4.69) is 34.4 Å². The third kappa shape index (κ3) is 4.38. The summed E-state index contributed by atoms with van der Waals surface area (Å²) in [5, 5.41) is 17.5. The molecule has 10 heteroatoms. The molecule has 1 saturated heterocycles. The minimum atomic E-state index is -0.807. The summed E-state index contributed by atoms with van der Waals surface area (Å²) >= 11 is 0. The molecule has 0 unspecified atom stereocenters. The van der Waals surface area contributed by atoms with Crippen molar-refractivity contribution in [2.45, 2.75) is 45.8 Å². The van der Waals surface area contributed by atoms with E-state index in [1.165, 1.54) is 22.8 Å². The first-order valence-corrected chi connectivity index (χ1v) is 12.7. The van der Waals surface area contributed by atoms with Crippen LogP contribution >= 0.6 is 0 Å². The molecule has 196 valence electrons. The highest BCUT2D eigenvalue weighted by Crippen LogP contribution is 2.37. The molecule has 3 N–H and O–H groups in total. The topological polar surface area (TPSA) is 95.3 Å². The maximum atomic E-state index is 15.7. The second kappa shape index (κ2) is 9.83. The van der Waals surface area contributed by atoms with Crippen LogP contribution in [0.4, 0.5) is 14.6 Å². The SMILES string of the molecule is CC1=CCN[C@@H](C(C)C)[C@H]1n1c(=O)nc(N2CCNC[C@@H]2C)c2cc(F)c(-c3c(O)cccc3F)nc21. The number of halogens is 2. The second-order valence-corrected chi connectivity index (χ2v) is 10.2. The molecule has 37 heavy (non-hydrogen) atoms. The van der Waals surface area contributed by atoms with Crippen molar-refractivity contribution in [1.29, 1.82) is 0 Å². The van der Waals surface area contributed by atoms with Crippen molar-refractivity contribution in [3.63, 3.8) is 0 Å². The third-order valence-corrected chi connectivity index (χ3v) is 7.42. The van der Waals surface area contributed by atoms with Gasteiger partial charge in [-0.2, -0.15) is 4.98 Å². The van der Waals surface area contributed by atoms with E-state index in [0.29, 0.717) is 37.4 Å². The molecule has 0 saturated carbocycles. The Morgan fingerprint density at radius 2 is 1.97 bits per heavy atom. The molecule has 0 amide bonds. The first kappa shape index (κ1) is 25.3. The Hall–Kier alpha value is -3.37. The first-order valence-electron chi connectivity index (χ1n) is 12.7. The normalized spacial score (nSPS) is 22.5. The minimum absolute atomic E-state index is 0.0134. The quantitative estimate of drug-likeness (QED) is 0.464. The number of rotatable bonds is 4. The van der Waals surface area contributed by atoms with Gasteiger partial charge in [0, 0.05) is 38.3 Å². The van der Waals surface area contributed by atoms with E-state index < -0.39 is 29.1 Å². The standard InChI is InChI=1S/C27H32F2N6O2/c1-14(2)22-24(15(3)8-9-31-22)35-26-17(25(33-27(35)37)34-11-10-30-13-16(34)4)12-19(29)23(32-26)21-18(28)6-5-7-20(21)36/h5-8,12,14,16,22,24,30-31,36H,9-11,13H2,1-4H3/t16-,22-,24-/m0/s1. The number of hydrogen-bond acceptors (Lipinski definition) is 7. The van der Waals surface area contributed by atoms with Crippen molar-refractivity contribution in [3.05, 3.63) is 58.0 Å². The fraction of sp³-hybridized carbons (Fsp3) is 0.444. The molecular weight excluding hydrogens is 478 g/mol. The maximum absolute atomic E-state index is 15.7. The Balaban J connectivity index is 1.86. The number of fused-ring (bicyclic) bond motifs is 1. The van der Waals surface area contributed by atoms with Crippen LogP contribution in [0.1, 0.15) is 33.7 Å². The molecule has 5 rings (SSSR count). The highest BCUT2D eigenvalue weighted by atomic mass is 19.1. The predicted octanol–water partition coefficient (Wildman–Crippen LogP) is 3.36. The summed E-state index contributed by atoms with van der Waals surface area (Å²) in [4.78, 5) is 24.8. The lowest BCUT2D eigenvalue weighted by Crippen LogP contribution is -2.51. The first-order chi connectivity index (χ1) is 17.7. The molecule has 0 radical (unpaired) electrons. The lowest BCUT2D eigenvalue weighted by molar-refractivity contribution is 0.303. The van der Waals surface area contributed by atoms with Gasteiger partial charge < -0.3 is 20.6 Å². The van der Waals surface area contributed by atoms with Crippen LogP contribution in [-0.4, -0.2) is 57.9 Å². The van der Waals surface area contributed by atoms with Gasteiger partial charge in [-0.3, -0.25) is 4.57 Å². The van der Waals surface area contributed by atoms with Gasteiger partial charge in [0.15, 0.2) is 5.82 Å². The number of pyridine rings is 1. The summed E-state index contributed by atoms with van der Waals surface area (Å²) in [7, 11) is 0. The number of phenols is 1. The highest BCUT2D eigenvalue weighted by Gasteiger charge is 2.34. The van der Waals surface area contributed by atoms with Gasteiger partial charge in [0.25, 0.3) is 0 Å². The lowest BCUT2D eigenvalue weighted by Gasteiger charge is -2.38. The summed E-state index contributed by atoms with van der Waals surface area (Å²) in [5.41, 5.74) is -0.0418. The number of aromatic nitrogens is 3. The smallest absolute Gasteiger partial charge is 0.351 e. The zero-order chi connectivity index (χ0) is 26.4. The molecule has 2 aromatic heterocycles. The number of nitrogens with zero attached hydrogens (tertiary/aromatic N) is 4. The number of piperazine rings is 1. The molecule has 8 nitrogen and oxygen atoms in total. The number of benzene rings is 1. The lowest BCUT2D eigenvalue weighted by atomic mass is 9.88. The van der Waals surface area contributed by atoms with Crippen molar-refractivity contribution < 1.29 is 13.9 Å². The molecule has 3 atom stereocenters. The van der Waals surface area contributed by atoms with Crippen molar-refractivity contribution in [2.24, 2.45) is 5.92 Å². The van der Waals surface area contributed by atoms with Gasteiger partial charge in [-0.15, -0.1) is 0 Å². The number of aromatic hydroxyl groups is 1. The van der Waals surface area contributed by atoms with Crippen LogP contribution in [-0.2, 0) is 0 Å². The molecule has 0 aliphatic carbocycles. The molecule has 2 aliphatic rings. The van der Waals surface area contributed by atoms with Crippen LogP contribution in [0.2, 0.25) is 0 Å². The van der Waals surface area contributed by atoms with Crippen molar-refractivity contribution >= 4 is 16.9 Å². The Bertz CT molecular complexity index is 1420. The molecule has 1 aromatic carbocycles. The number of hydrogen-bond donors (Lipinski definition) is 3. The Labute approximate surface area is 214 Å². The maximum Gasteiger partial charge on any atom is 0.351 e. The summed E-state index contributed by atoms with van der Waals surface area (Å²) in [6.45, 7) is 10.7. The summed E-state index contributed by atoms with van der Waals surface area (Å²) in [6.07, 6.45) is 2.02. The molecule has 4 heterocycles. The molecule has 3 aromatic rings. The Morgan fingerprint density at radius 3 is 2.68 bits per heavy atom. The second-order valence-electron chi connectivity index (χ2n) is 10.2. The van der Waals surface area contributed by atoms with Crippen molar-refractivity contribution in [1.82, 2.24) is 25.2 Å². The zero-order valence-corrected chi connectivity index (χ0v) is 21.4. The van der Waals surface area contributed by atoms with Crippen LogP contribution in [0.25, 0.3) is 22.3 Å². The third-order valence-electron chi connectivity index (χ3n) is 7.42. The van der Waals surface area contributed by atoms with Gasteiger partial charge in [-0.05, 0) is 38.0 Å². The van der Waals surface area contributed by atoms with Crippen LogP contribution < -0.4 is 21.2 Å². The van der Waals surface area contributed by atoms with Crippen molar-refractivity contribution in [3.8, 4) is 17.0 Å². The number of phenolic OH excluding ortho intramolecular Hbond substituents is 1. The fourth-order valence-electron chi connectivity index (χ4n) is 5.51. The van der Waals surface area contributed by atoms with E-state index in [9.17, 15) is 14.3 Å². The van der Waals surface area contributed by atoms with Gasteiger partial charge in [0.2, 0.25) is 0 Å². The van der Waals surface area contributed by atoms with Crippen molar-refractivity contribution in [2.75, 3.05) is 31.1 Å². The van der Waals surface area contributed by atoms with E-state index in [4.69, 9.17) is 0 Å². The largest absolute Gasteiger partial charge is 0.507 e. The zero-order valence-electron chi connectivity index (χ0n) is 21.4. The van der Waals surface area contributed by atoms with E-state index in [-0.39, 0.29) is 34.9 Å². The van der Waals surface area contributed by atoms with Crippen LogP contribution in [0.15, 0.2) is 40.7 Å². The monoisotopic (exact) mass is 510 g/mol. The Kier molecular flexibility index (Phi) is 6.72. The van der Waals surface area contributed by atoms with Crippen LogP contribution in [0.5, 0.6) is 5.75 Å². The van der Waals surface area contributed by atoms with E-state index in [0.717, 1.165) is 11.6 Å². The average Bonchev–Trinajstić information content (AvgIpc) is 2.85. The number of nitrogens with one attached hydrogen (secondary N) is 2. The average molecular weight is 511 g/mol. The minimum Gasteiger partial charge on any atom is -0.507 e. The van der Waals surface area contributed by atoms with Gasteiger partial charge in [-0.25, -0.2) is 18.6 Å². The number of anilines is 1. The van der Waals surface area contributed by atoms with E-state index >= 15 is 4.39 Å². The summed E-state index contributed by atoms with van der Waals surface area (Å²) in [5.74, 6) is -1.52.